The Bertz CT molecular complexity index is 665. The number of hydrogen-bond acceptors (Lipinski definition) is 3. The van der Waals surface area contributed by atoms with Crippen LogP contribution in [0.1, 0.15) is 23.7 Å². The summed E-state index contributed by atoms with van der Waals surface area (Å²) in [6, 6.07) is 8.94. The monoisotopic (exact) mass is 286 g/mol. The third kappa shape index (κ3) is 1.71. The topological polar surface area (TPSA) is 32.3 Å². The molecule has 104 valence electrons. The van der Waals surface area contributed by atoms with Crippen molar-refractivity contribution in [2.45, 2.75) is 25.4 Å². The summed E-state index contributed by atoms with van der Waals surface area (Å²) < 4.78 is 1.20. The van der Waals surface area contributed by atoms with Crippen LogP contribution in [0.2, 0.25) is 0 Å². The van der Waals surface area contributed by atoms with Crippen molar-refractivity contribution in [2.75, 3.05) is 13.1 Å². The van der Waals surface area contributed by atoms with E-state index >= 15 is 0 Å². The molecular weight excluding hydrogens is 268 g/mol. The normalized spacial score (nSPS) is 29.1. The highest BCUT2D eigenvalue weighted by Crippen LogP contribution is 2.35. The van der Waals surface area contributed by atoms with Crippen LogP contribution in [0.4, 0.5) is 0 Å². The van der Waals surface area contributed by atoms with Crippen LogP contribution >= 0.6 is 11.3 Å². The van der Waals surface area contributed by atoms with E-state index in [1.165, 1.54) is 4.70 Å². The molecule has 2 fully saturated rings. The molecule has 20 heavy (non-hydrogen) atoms. The summed E-state index contributed by atoms with van der Waals surface area (Å²) in [5, 5.41) is 6.55. The van der Waals surface area contributed by atoms with Gasteiger partial charge in [0.25, 0.3) is 5.91 Å². The minimum Gasteiger partial charge on any atom is -0.331 e. The van der Waals surface area contributed by atoms with Gasteiger partial charge in [-0.15, -0.1) is 11.3 Å². The van der Waals surface area contributed by atoms with Crippen molar-refractivity contribution in [3.63, 3.8) is 0 Å². The second-order valence-corrected chi connectivity index (χ2v) is 6.84. The highest BCUT2D eigenvalue weighted by Gasteiger charge is 2.44. The van der Waals surface area contributed by atoms with Gasteiger partial charge in [-0.1, -0.05) is 18.2 Å². The lowest BCUT2D eigenvalue weighted by Crippen LogP contribution is -2.42. The lowest BCUT2D eigenvalue weighted by Gasteiger charge is -2.27. The molecule has 3 unspecified atom stereocenters. The molecule has 0 bridgehead atoms. The Balaban J connectivity index is 1.73. The molecule has 1 N–H and O–H groups in total. The second-order valence-electron chi connectivity index (χ2n) is 5.93. The van der Waals surface area contributed by atoms with Crippen molar-refractivity contribution < 1.29 is 4.79 Å². The number of hydrogen-bond donors (Lipinski definition) is 1. The molecule has 3 atom stereocenters. The molecule has 0 saturated carbocycles. The Morgan fingerprint density at radius 1 is 1.35 bits per heavy atom. The summed E-state index contributed by atoms with van der Waals surface area (Å²) >= 11 is 1.66. The average molecular weight is 286 g/mol. The van der Waals surface area contributed by atoms with E-state index in [1.54, 1.807) is 11.3 Å². The average Bonchev–Trinajstić information content (AvgIpc) is 3.11. The van der Waals surface area contributed by atoms with Gasteiger partial charge in [0.05, 0.1) is 5.56 Å². The van der Waals surface area contributed by atoms with E-state index in [1.807, 2.05) is 17.5 Å². The van der Waals surface area contributed by atoms with Crippen molar-refractivity contribution in [1.82, 2.24) is 10.2 Å². The predicted molar refractivity (Wildman–Crippen MR) is 82.2 cm³/mol. The van der Waals surface area contributed by atoms with E-state index in [-0.39, 0.29) is 5.91 Å². The van der Waals surface area contributed by atoms with Gasteiger partial charge in [-0.3, -0.25) is 4.79 Å². The molecule has 1 aromatic carbocycles. The van der Waals surface area contributed by atoms with Crippen molar-refractivity contribution in [2.24, 2.45) is 5.92 Å². The summed E-state index contributed by atoms with van der Waals surface area (Å²) in [6.45, 7) is 4.19. The van der Waals surface area contributed by atoms with Crippen LogP contribution in [0, 0.1) is 5.92 Å². The number of fused-ring (bicyclic) bond motifs is 2. The van der Waals surface area contributed by atoms with Gasteiger partial charge >= 0.3 is 0 Å². The van der Waals surface area contributed by atoms with Gasteiger partial charge in [0, 0.05) is 40.6 Å². The number of thiophene rings is 1. The zero-order valence-corrected chi connectivity index (χ0v) is 12.3. The van der Waals surface area contributed by atoms with Gasteiger partial charge in [-0.05, 0) is 25.3 Å². The molecule has 4 heteroatoms. The molecule has 2 aliphatic rings. The van der Waals surface area contributed by atoms with E-state index in [0.29, 0.717) is 18.0 Å². The first-order chi connectivity index (χ1) is 9.75. The van der Waals surface area contributed by atoms with E-state index in [9.17, 15) is 4.79 Å². The van der Waals surface area contributed by atoms with Crippen LogP contribution in [-0.4, -0.2) is 36.0 Å². The number of amides is 1. The molecule has 3 heterocycles. The quantitative estimate of drug-likeness (QED) is 0.874. The number of nitrogens with one attached hydrogen (secondary N) is 1. The first kappa shape index (κ1) is 12.4. The number of benzene rings is 1. The van der Waals surface area contributed by atoms with Gasteiger partial charge < -0.3 is 10.2 Å². The Labute approximate surface area is 122 Å². The molecule has 2 aliphatic heterocycles. The third-order valence-corrected chi connectivity index (χ3v) is 5.69. The Kier molecular flexibility index (Phi) is 2.82. The highest BCUT2D eigenvalue weighted by molar-refractivity contribution is 7.17. The number of carbonyl (C=O) groups excluding carboxylic acids is 1. The Morgan fingerprint density at radius 3 is 3.10 bits per heavy atom. The standard InChI is InChI=1S/C16H18N2OS/c1-10-6-11-7-17-8-14(11)18(10)16(19)13-9-20-15-5-3-2-4-12(13)15/h2-5,9-11,14,17H,6-8H2,1H3. The summed E-state index contributed by atoms with van der Waals surface area (Å²) in [5.74, 6) is 0.852. The fourth-order valence-electron chi connectivity index (χ4n) is 3.80. The lowest BCUT2D eigenvalue weighted by molar-refractivity contribution is 0.0684. The molecule has 1 aromatic heterocycles. The fraction of sp³-hybridized carbons (Fsp3) is 0.438. The molecule has 0 spiro atoms. The van der Waals surface area contributed by atoms with E-state index in [4.69, 9.17) is 0 Å². The van der Waals surface area contributed by atoms with Crippen LogP contribution in [-0.2, 0) is 0 Å². The van der Waals surface area contributed by atoms with E-state index in [2.05, 4.69) is 29.3 Å². The summed E-state index contributed by atoms with van der Waals surface area (Å²) in [4.78, 5) is 15.1. The van der Waals surface area contributed by atoms with Crippen molar-refractivity contribution in [3.05, 3.63) is 35.2 Å². The smallest absolute Gasteiger partial charge is 0.255 e. The Hall–Kier alpha value is -1.39. The maximum Gasteiger partial charge on any atom is 0.255 e. The first-order valence-corrected chi connectivity index (χ1v) is 8.13. The molecule has 3 nitrogen and oxygen atoms in total. The number of rotatable bonds is 1. The molecular formula is C16H18N2OS. The van der Waals surface area contributed by atoms with Crippen LogP contribution in [0.3, 0.4) is 0 Å². The molecule has 4 rings (SSSR count). The third-order valence-electron chi connectivity index (χ3n) is 4.73. The Morgan fingerprint density at radius 2 is 2.20 bits per heavy atom. The zero-order chi connectivity index (χ0) is 13.7. The summed E-state index contributed by atoms with van der Waals surface area (Å²) in [5.41, 5.74) is 0.880. The van der Waals surface area contributed by atoms with E-state index < -0.39 is 0 Å². The number of carbonyl (C=O) groups is 1. The van der Waals surface area contributed by atoms with Crippen molar-refractivity contribution in [3.8, 4) is 0 Å². The summed E-state index contributed by atoms with van der Waals surface area (Å²) in [6.07, 6.45) is 1.13. The van der Waals surface area contributed by atoms with Crippen molar-refractivity contribution in [1.29, 1.82) is 0 Å². The van der Waals surface area contributed by atoms with Crippen LogP contribution < -0.4 is 5.32 Å². The van der Waals surface area contributed by atoms with E-state index in [0.717, 1.165) is 30.5 Å². The molecule has 0 aliphatic carbocycles. The van der Waals surface area contributed by atoms with Crippen LogP contribution in [0.5, 0.6) is 0 Å². The lowest BCUT2D eigenvalue weighted by atomic mass is 10.0. The summed E-state index contributed by atoms with van der Waals surface area (Å²) in [7, 11) is 0. The number of nitrogens with zero attached hydrogens (tertiary/aromatic N) is 1. The zero-order valence-electron chi connectivity index (χ0n) is 11.5. The largest absolute Gasteiger partial charge is 0.331 e. The SMILES string of the molecule is CC1CC2CNCC2N1C(=O)c1csc2ccccc12. The van der Waals surface area contributed by atoms with Gasteiger partial charge in [0.2, 0.25) is 0 Å². The molecule has 0 radical (unpaired) electrons. The van der Waals surface area contributed by atoms with Crippen molar-refractivity contribution >= 4 is 27.3 Å². The second kappa shape index (κ2) is 4.57. The minimum atomic E-state index is 0.214. The maximum atomic E-state index is 13.0. The fourth-order valence-corrected chi connectivity index (χ4v) is 4.73. The van der Waals surface area contributed by atoms with Gasteiger partial charge in [0.15, 0.2) is 0 Å². The van der Waals surface area contributed by atoms with Gasteiger partial charge in [-0.2, -0.15) is 0 Å². The van der Waals surface area contributed by atoms with Crippen LogP contribution in [0.15, 0.2) is 29.6 Å². The predicted octanol–water partition coefficient (Wildman–Crippen LogP) is 2.72. The minimum absolute atomic E-state index is 0.214. The molecule has 2 aromatic rings. The molecule has 2 saturated heterocycles. The maximum absolute atomic E-state index is 13.0. The van der Waals surface area contributed by atoms with Gasteiger partial charge in [0.1, 0.15) is 0 Å². The molecule has 1 amide bonds. The van der Waals surface area contributed by atoms with Gasteiger partial charge in [-0.25, -0.2) is 0 Å². The van der Waals surface area contributed by atoms with Crippen LogP contribution in [0.25, 0.3) is 10.1 Å². The first-order valence-electron chi connectivity index (χ1n) is 7.25. The highest BCUT2D eigenvalue weighted by atomic mass is 32.1. The number of likely N-dealkylation sites (tertiary alicyclic amines) is 1.